The van der Waals surface area contributed by atoms with Gasteiger partial charge in [0.1, 0.15) is 11.6 Å². The molecule has 0 aliphatic carbocycles. The lowest BCUT2D eigenvalue weighted by Gasteiger charge is -2.17. The standard InChI is InChI=1S/C16H17BrFNO2/c1-10-3-6-16(21-2)12(7-10)15(20)9-19-14-8-11(18)4-5-13(14)17/h3-8,15,19-20H,9H2,1-2H3. The maximum absolute atomic E-state index is 13.2. The van der Waals surface area contributed by atoms with Crippen LogP contribution in [0.3, 0.4) is 0 Å². The second kappa shape index (κ2) is 6.91. The van der Waals surface area contributed by atoms with Gasteiger partial charge in [-0.2, -0.15) is 0 Å². The van der Waals surface area contributed by atoms with Gasteiger partial charge in [-0.05, 0) is 53.2 Å². The summed E-state index contributed by atoms with van der Waals surface area (Å²) in [5.74, 6) is 0.302. The van der Waals surface area contributed by atoms with E-state index in [9.17, 15) is 9.50 Å². The molecule has 0 aromatic heterocycles. The van der Waals surface area contributed by atoms with Crippen molar-refractivity contribution in [3.05, 3.63) is 57.8 Å². The van der Waals surface area contributed by atoms with Gasteiger partial charge in [0, 0.05) is 16.6 Å². The molecule has 5 heteroatoms. The molecule has 0 spiro atoms. The smallest absolute Gasteiger partial charge is 0.125 e. The van der Waals surface area contributed by atoms with Crippen molar-refractivity contribution in [2.24, 2.45) is 0 Å². The summed E-state index contributed by atoms with van der Waals surface area (Å²) in [5.41, 5.74) is 2.34. The molecule has 3 nitrogen and oxygen atoms in total. The van der Waals surface area contributed by atoms with Crippen molar-refractivity contribution < 1.29 is 14.2 Å². The van der Waals surface area contributed by atoms with Gasteiger partial charge in [-0.25, -0.2) is 4.39 Å². The Balaban J connectivity index is 2.13. The summed E-state index contributed by atoms with van der Waals surface area (Å²) in [6, 6.07) is 10.0. The fraction of sp³-hybridized carbons (Fsp3) is 0.250. The highest BCUT2D eigenvalue weighted by Crippen LogP contribution is 2.28. The lowest BCUT2D eigenvalue weighted by molar-refractivity contribution is 0.187. The minimum Gasteiger partial charge on any atom is -0.496 e. The van der Waals surface area contributed by atoms with Crippen LogP contribution in [-0.2, 0) is 0 Å². The van der Waals surface area contributed by atoms with Crippen LogP contribution in [0.1, 0.15) is 17.2 Å². The molecule has 2 aromatic carbocycles. The van der Waals surface area contributed by atoms with Gasteiger partial charge in [-0.1, -0.05) is 11.6 Å². The van der Waals surface area contributed by atoms with Crippen molar-refractivity contribution in [3.8, 4) is 5.75 Å². The average molecular weight is 354 g/mol. The Morgan fingerprint density at radius 1 is 1.29 bits per heavy atom. The maximum atomic E-state index is 13.2. The molecule has 2 N–H and O–H groups in total. The number of halogens is 2. The summed E-state index contributed by atoms with van der Waals surface area (Å²) < 4.78 is 19.2. The lowest BCUT2D eigenvalue weighted by atomic mass is 10.1. The molecule has 0 fully saturated rings. The number of nitrogens with one attached hydrogen (secondary N) is 1. The summed E-state index contributed by atoms with van der Waals surface area (Å²) in [7, 11) is 1.57. The largest absolute Gasteiger partial charge is 0.496 e. The molecule has 0 aliphatic rings. The highest BCUT2D eigenvalue weighted by atomic mass is 79.9. The second-order valence-electron chi connectivity index (χ2n) is 4.77. The van der Waals surface area contributed by atoms with Crippen LogP contribution in [0.15, 0.2) is 40.9 Å². The third-order valence-corrected chi connectivity index (χ3v) is 3.85. The molecule has 0 bridgehead atoms. The van der Waals surface area contributed by atoms with Gasteiger partial charge in [0.15, 0.2) is 0 Å². The number of ether oxygens (including phenoxy) is 1. The Hall–Kier alpha value is -1.59. The third kappa shape index (κ3) is 3.95. The van der Waals surface area contributed by atoms with E-state index in [1.54, 1.807) is 13.2 Å². The van der Waals surface area contributed by atoms with Gasteiger partial charge in [-0.15, -0.1) is 0 Å². The number of hydrogen-bond acceptors (Lipinski definition) is 3. The Morgan fingerprint density at radius 2 is 2.05 bits per heavy atom. The van der Waals surface area contributed by atoms with Crippen molar-refractivity contribution in [3.63, 3.8) is 0 Å². The Morgan fingerprint density at radius 3 is 2.76 bits per heavy atom. The lowest BCUT2D eigenvalue weighted by Crippen LogP contribution is -2.13. The van der Waals surface area contributed by atoms with Crippen LogP contribution in [0, 0.1) is 12.7 Å². The van der Waals surface area contributed by atoms with Crippen LogP contribution in [-0.4, -0.2) is 18.8 Å². The van der Waals surface area contributed by atoms with E-state index in [4.69, 9.17) is 4.74 Å². The molecule has 0 aliphatic heterocycles. The number of rotatable bonds is 5. The van der Waals surface area contributed by atoms with Gasteiger partial charge in [0.2, 0.25) is 0 Å². The average Bonchev–Trinajstić information content (AvgIpc) is 2.47. The number of aliphatic hydroxyl groups excluding tert-OH is 1. The minimum atomic E-state index is -0.755. The van der Waals surface area contributed by atoms with Gasteiger partial charge >= 0.3 is 0 Å². The molecule has 1 unspecified atom stereocenters. The molecule has 2 rings (SSSR count). The first kappa shape index (κ1) is 15.8. The van der Waals surface area contributed by atoms with Crippen LogP contribution < -0.4 is 10.1 Å². The van der Waals surface area contributed by atoms with Crippen LogP contribution in [0.4, 0.5) is 10.1 Å². The molecule has 0 amide bonds. The van der Waals surface area contributed by atoms with Gasteiger partial charge in [0.25, 0.3) is 0 Å². The van der Waals surface area contributed by atoms with Crippen molar-refractivity contribution in [2.75, 3.05) is 19.0 Å². The first-order valence-corrected chi connectivity index (χ1v) is 7.32. The van der Waals surface area contributed by atoms with Crippen molar-refractivity contribution in [2.45, 2.75) is 13.0 Å². The highest BCUT2D eigenvalue weighted by molar-refractivity contribution is 9.10. The molecule has 0 saturated carbocycles. The predicted molar refractivity (Wildman–Crippen MR) is 85.3 cm³/mol. The maximum Gasteiger partial charge on any atom is 0.125 e. The molecule has 112 valence electrons. The zero-order valence-electron chi connectivity index (χ0n) is 11.9. The zero-order valence-corrected chi connectivity index (χ0v) is 13.4. The number of aryl methyl sites for hydroxylation is 1. The number of hydrogen-bond donors (Lipinski definition) is 2. The van der Waals surface area contributed by atoms with Gasteiger partial charge in [-0.3, -0.25) is 0 Å². The molecule has 0 radical (unpaired) electrons. The fourth-order valence-corrected chi connectivity index (χ4v) is 2.45. The predicted octanol–water partition coefficient (Wildman–Crippen LogP) is 4.05. The number of methoxy groups -OCH3 is 1. The Bertz CT molecular complexity index is 634. The first-order chi connectivity index (χ1) is 10.0. The van der Waals surface area contributed by atoms with Gasteiger partial charge in [0.05, 0.1) is 18.9 Å². The van der Waals surface area contributed by atoms with E-state index in [-0.39, 0.29) is 12.4 Å². The molecule has 2 aromatic rings. The van der Waals surface area contributed by atoms with E-state index < -0.39 is 6.10 Å². The molecule has 0 saturated heterocycles. The SMILES string of the molecule is COc1ccc(C)cc1C(O)CNc1cc(F)ccc1Br. The van der Waals surface area contributed by atoms with Crippen LogP contribution in [0.25, 0.3) is 0 Å². The van der Waals surface area contributed by atoms with E-state index in [0.29, 0.717) is 17.0 Å². The summed E-state index contributed by atoms with van der Waals surface area (Å²) in [5, 5.41) is 13.4. The van der Waals surface area contributed by atoms with Crippen LogP contribution >= 0.6 is 15.9 Å². The molecular weight excluding hydrogens is 337 g/mol. The normalized spacial score (nSPS) is 12.0. The Labute approximate surface area is 131 Å². The van der Waals surface area contributed by atoms with E-state index in [2.05, 4.69) is 21.2 Å². The number of benzene rings is 2. The minimum absolute atomic E-state index is 0.252. The van der Waals surface area contributed by atoms with Crippen LogP contribution in [0.5, 0.6) is 5.75 Å². The third-order valence-electron chi connectivity index (χ3n) is 3.16. The summed E-state index contributed by atoms with van der Waals surface area (Å²) in [4.78, 5) is 0. The summed E-state index contributed by atoms with van der Waals surface area (Å²) in [6.45, 7) is 2.20. The van der Waals surface area contributed by atoms with Crippen molar-refractivity contribution in [1.82, 2.24) is 0 Å². The van der Waals surface area contributed by atoms with E-state index in [1.165, 1.54) is 12.1 Å². The second-order valence-corrected chi connectivity index (χ2v) is 5.62. The highest BCUT2D eigenvalue weighted by Gasteiger charge is 2.14. The Kier molecular flexibility index (Phi) is 5.20. The molecular formula is C16H17BrFNO2. The monoisotopic (exact) mass is 353 g/mol. The van der Waals surface area contributed by atoms with E-state index in [1.807, 2.05) is 25.1 Å². The van der Waals surface area contributed by atoms with Gasteiger partial charge < -0.3 is 15.2 Å². The summed E-state index contributed by atoms with van der Waals surface area (Å²) >= 11 is 3.34. The molecule has 0 heterocycles. The first-order valence-electron chi connectivity index (χ1n) is 6.53. The fourth-order valence-electron chi connectivity index (χ4n) is 2.06. The molecule has 1 atom stereocenters. The number of aliphatic hydroxyl groups is 1. The van der Waals surface area contributed by atoms with E-state index >= 15 is 0 Å². The quantitative estimate of drug-likeness (QED) is 0.851. The zero-order chi connectivity index (χ0) is 15.4. The topological polar surface area (TPSA) is 41.5 Å². The molecule has 21 heavy (non-hydrogen) atoms. The number of anilines is 1. The van der Waals surface area contributed by atoms with Crippen LogP contribution in [0.2, 0.25) is 0 Å². The van der Waals surface area contributed by atoms with E-state index in [0.717, 1.165) is 10.0 Å². The summed E-state index contributed by atoms with van der Waals surface area (Å²) in [6.07, 6.45) is -0.755. The van der Waals surface area contributed by atoms with Crippen molar-refractivity contribution in [1.29, 1.82) is 0 Å². The van der Waals surface area contributed by atoms with Crippen molar-refractivity contribution >= 4 is 21.6 Å².